The molecule has 0 atom stereocenters. The molecule has 4 nitrogen and oxygen atoms in total. The molecule has 0 saturated heterocycles. The van der Waals surface area contributed by atoms with E-state index in [1.165, 1.54) is 6.08 Å². The van der Waals surface area contributed by atoms with Gasteiger partial charge in [0.25, 0.3) is 0 Å². The minimum atomic E-state index is 0.614. The molecule has 0 aliphatic carbocycles. The Morgan fingerprint density at radius 1 is 1.50 bits per heavy atom. The largest absolute Gasteiger partial charge is 0.268 e. The number of benzene rings is 1. The molecule has 0 amide bonds. The lowest BCUT2D eigenvalue weighted by molar-refractivity contribution is 0.565. The van der Waals surface area contributed by atoms with Crippen LogP contribution < -0.4 is 0 Å². The highest BCUT2D eigenvalue weighted by atomic mass is 16.1. The summed E-state index contributed by atoms with van der Waals surface area (Å²) in [4.78, 5) is 13.7. The molecule has 0 spiro atoms. The fraction of sp³-hybridized carbons (Fsp3) is 0.200. The van der Waals surface area contributed by atoms with Gasteiger partial charge in [-0.2, -0.15) is 10.1 Å². The molecule has 1 aromatic heterocycles. The van der Waals surface area contributed by atoms with E-state index in [-0.39, 0.29) is 0 Å². The molecule has 0 aliphatic heterocycles. The molecule has 1 aromatic carbocycles. The van der Waals surface area contributed by atoms with E-state index in [4.69, 9.17) is 0 Å². The first-order valence-corrected chi connectivity index (χ1v) is 4.23. The fourth-order valence-electron chi connectivity index (χ4n) is 1.55. The Balaban J connectivity index is 2.76. The van der Waals surface area contributed by atoms with E-state index >= 15 is 0 Å². The van der Waals surface area contributed by atoms with Crippen molar-refractivity contribution in [1.29, 1.82) is 0 Å². The number of carbonyl (C=O) groups excluding carboxylic acids is 1. The summed E-state index contributed by atoms with van der Waals surface area (Å²) in [5.74, 6) is 0. The number of rotatable bonds is 1. The van der Waals surface area contributed by atoms with Gasteiger partial charge in [0.1, 0.15) is 0 Å². The van der Waals surface area contributed by atoms with Crippen molar-refractivity contribution < 1.29 is 4.79 Å². The van der Waals surface area contributed by atoms with Crippen molar-refractivity contribution in [3.05, 3.63) is 23.9 Å². The van der Waals surface area contributed by atoms with Crippen LogP contribution in [-0.2, 0) is 11.8 Å². The second kappa shape index (κ2) is 3.09. The average Bonchev–Trinajstić information content (AvgIpc) is 2.43. The lowest BCUT2D eigenvalue weighted by Crippen LogP contribution is -1.88. The quantitative estimate of drug-likeness (QED) is 0.505. The van der Waals surface area contributed by atoms with Gasteiger partial charge in [-0.25, -0.2) is 4.79 Å². The van der Waals surface area contributed by atoms with Crippen LogP contribution in [0.1, 0.15) is 5.69 Å². The first-order valence-electron chi connectivity index (χ1n) is 4.23. The maximum Gasteiger partial charge on any atom is 0.240 e. The third-order valence-corrected chi connectivity index (χ3v) is 2.19. The molecule has 0 saturated carbocycles. The van der Waals surface area contributed by atoms with E-state index in [1.54, 1.807) is 10.7 Å². The summed E-state index contributed by atoms with van der Waals surface area (Å²) < 4.78 is 1.80. The van der Waals surface area contributed by atoms with Crippen molar-refractivity contribution in [1.82, 2.24) is 9.78 Å². The Kier molecular flexibility index (Phi) is 1.91. The third-order valence-electron chi connectivity index (χ3n) is 2.19. The van der Waals surface area contributed by atoms with Gasteiger partial charge in [0.15, 0.2) is 0 Å². The number of aromatic nitrogens is 2. The number of nitrogens with zero attached hydrogens (tertiary/aromatic N) is 3. The SMILES string of the molecule is Cc1nn(C)c2ccc(N=C=O)cc12. The highest BCUT2D eigenvalue weighted by Gasteiger charge is 2.04. The number of aliphatic imine (C=N–C) groups is 1. The summed E-state index contributed by atoms with van der Waals surface area (Å²) in [6.07, 6.45) is 1.52. The predicted molar refractivity (Wildman–Crippen MR) is 53.2 cm³/mol. The van der Waals surface area contributed by atoms with Crippen LogP contribution in [-0.4, -0.2) is 15.9 Å². The van der Waals surface area contributed by atoms with Gasteiger partial charge in [0, 0.05) is 12.4 Å². The smallest absolute Gasteiger partial charge is 0.240 e. The molecule has 4 heteroatoms. The molecular weight excluding hydrogens is 178 g/mol. The maximum absolute atomic E-state index is 10.1. The minimum absolute atomic E-state index is 0.614. The Morgan fingerprint density at radius 2 is 2.29 bits per heavy atom. The normalized spacial score (nSPS) is 10.1. The van der Waals surface area contributed by atoms with Crippen LogP contribution in [0.3, 0.4) is 0 Å². The molecule has 0 bridgehead atoms. The van der Waals surface area contributed by atoms with Crippen LogP contribution >= 0.6 is 0 Å². The molecule has 2 rings (SSSR count). The minimum Gasteiger partial charge on any atom is -0.268 e. The number of aryl methyl sites for hydroxylation is 2. The Bertz CT molecular complexity index is 536. The third kappa shape index (κ3) is 1.22. The Morgan fingerprint density at radius 3 is 3.00 bits per heavy atom. The van der Waals surface area contributed by atoms with Crippen molar-refractivity contribution >= 4 is 22.7 Å². The topological polar surface area (TPSA) is 47.2 Å². The van der Waals surface area contributed by atoms with Crippen LogP contribution in [0.2, 0.25) is 0 Å². The standard InChI is InChI=1S/C10H9N3O/c1-7-9-5-8(11-6-14)3-4-10(9)13(2)12-7/h3-5H,1-2H3. The van der Waals surface area contributed by atoms with Crippen LogP contribution in [0.5, 0.6) is 0 Å². The highest BCUT2D eigenvalue weighted by molar-refractivity contribution is 5.84. The maximum atomic E-state index is 10.1. The van der Waals surface area contributed by atoms with E-state index in [9.17, 15) is 4.79 Å². The Hall–Kier alpha value is -1.93. The average molecular weight is 187 g/mol. The van der Waals surface area contributed by atoms with Gasteiger partial charge in [-0.15, -0.1) is 0 Å². The Labute approximate surface area is 80.9 Å². The summed E-state index contributed by atoms with van der Waals surface area (Å²) in [7, 11) is 1.89. The number of isocyanates is 1. The van der Waals surface area contributed by atoms with Gasteiger partial charge in [0.05, 0.1) is 16.9 Å². The zero-order chi connectivity index (χ0) is 10.1. The van der Waals surface area contributed by atoms with Crippen LogP contribution in [0.4, 0.5) is 5.69 Å². The van der Waals surface area contributed by atoms with Crippen molar-refractivity contribution in [3.8, 4) is 0 Å². The van der Waals surface area contributed by atoms with Gasteiger partial charge in [0.2, 0.25) is 6.08 Å². The second-order valence-corrected chi connectivity index (χ2v) is 3.11. The van der Waals surface area contributed by atoms with Gasteiger partial charge in [-0.1, -0.05) is 0 Å². The molecule has 0 radical (unpaired) electrons. The van der Waals surface area contributed by atoms with Crippen molar-refractivity contribution in [2.24, 2.45) is 12.0 Å². The first-order chi connectivity index (χ1) is 6.72. The zero-order valence-corrected chi connectivity index (χ0v) is 7.98. The lowest BCUT2D eigenvalue weighted by atomic mass is 10.2. The summed E-state index contributed by atoms with van der Waals surface area (Å²) in [6.45, 7) is 1.93. The molecule has 14 heavy (non-hydrogen) atoms. The predicted octanol–water partition coefficient (Wildman–Crippen LogP) is 1.85. The molecular formula is C10H9N3O. The van der Waals surface area contributed by atoms with Crippen LogP contribution in [0, 0.1) is 6.92 Å². The highest BCUT2D eigenvalue weighted by Crippen LogP contribution is 2.22. The number of hydrogen-bond donors (Lipinski definition) is 0. The summed E-state index contributed by atoms with van der Waals surface area (Å²) in [6, 6.07) is 5.50. The summed E-state index contributed by atoms with van der Waals surface area (Å²) in [5.41, 5.74) is 2.58. The first kappa shape index (κ1) is 8.66. The van der Waals surface area contributed by atoms with Crippen LogP contribution in [0.25, 0.3) is 10.9 Å². The number of hydrogen-bond acceptors (Lipinski definition) is 3. The molecule has 0 aliphatic rings. The van der Waals surface area contributed by atoms with Crippen molar-refractivity contribution in [2.75, 3.05) is 0 Å². The molecule has 1 heterocycles. The van der Waals surface area contributed by atoms with Gasteiger partial charge in [-0.3, -0.25) is 4.68 Å². The van der Waals surface area contributed by atoms with Gasteiger partial charge in [-0.05, 0) is 25.1 Å². The lowest BCUT2D eigenvalue weighted by Gasteiger charge is -1.94. The molecule has 2 aromatic rings. The van der Waals surface area contributed by atoms with E-state index < -0.39 is 0 Å². The summed E-state index contributed by atoms with van der Waals surface area (Å²) >= 11 is 0. The van der Waals surface area contributed by atoms with E-state index in [0.717, 1.165) is 16.6 Å². The van der Waals surface area contributed by atoms with Crippen molar-refractivity contribution in [3.63, 3.8) is 0 Å². The zero-order valence-electron chi connectivity index (χ0n) is 7.98. The van der Waals surface area contributed by atoms with Crippen LogP contribution in [0.15, 0.2) is 23.2 Å². The molecule has 0 unspecified atom stereocenters. The van der Waals surface area contributed by atoms with Gasteiger partial charge >= 0.3 is 0 Å². The number of fused-ring (bicyclic) bond motifs is 1. The second-order valence-electron chi connectivity index (χ2n) is 3.11. The summed E-state index contributed by atoms with van der Waals surface area (Å²) in [5, 5.41) is 5.29. The molecule has 0 fully saturated rings. The fourth-order valence-corrected chi connectivity index (χ4v) is 1.55. The molecule has 70 valence electrons. The van der Waals surface area contributed by atoms with Gasteiger partial charge < -0.3 is 0 Å². The van der Waals surface area contributed by atoms with Crippen molar-refractivity contribution in [2.45, 2.75) is 6.92 Å². The monoisotopic (exact) mass is 187 g/mol. The molecule has 0 N–H and O–H groups in total. The van der Waals surface area contributed by atoms with E-state index in [2.05, 4.69) is 10.1 Å². The van der Waals surface area contributed by atoms with E-state index in [1.807, 2.05) is 26.1 Å². The van der Waals surface area contributed by atoms with E-state index in [0.29, 0.717) is 5.69 Å².